The SMILES string of the molecule is CC1CCN(c2ccc(CCN)cn2)C(C)C1. The van der Waals surface area contributed by atoms with E-state index in [1.807, 2.05) is 6.20 Å². The number of nitrogens with zero attached hydrogens (tertiary/aromatic N) is 2. The summed E-state index contributed by atoms with van der Waals surface area (Å²) in [7, 11) is 0. The molecule has 2 rings (SSSR count). The number of hydrogen-bond acceptors (Lipinski definition) is 3. The second-order valence-corrected chi connectivity index (χ2v) is 5.24. The molecule has 1 saturated heterocycles. The topological polar surface area (TPSA) is 42.1 Å². The highest BCUT2D eigenvalue weighted by atomic mass is 15.2. The van der Waals surface area contributed by atoms with Crippen LogP contribution in [0.1, 0.15) is 32.3 Å². The Morgan fingerprint density at radius 1 is 1.41 bits per heavy atom. The van der Waals surface area contributed by atoms with Crippen molar-refractivity contribution in [1.29, 1.82) is 0 Å². The highest BCUT2D eigenvalue weighted by Gasteiger charge is 2.23. The van der Waals surface area contributed by atoms with Gasteiger partial charge in [0.15, 0.2) is 0 Å². The van der Waals surface area contributed by atoms with Gasteiger partial charge in [0.2, 0.25) is 0 Å². The minimum absolute atomic E-state index is 0.603. The van der Waals surface area contributed by atoms with Gasteiger partial charge in [-0.15, -0.1) is 0 Å². The highest BCUT2D eigenvalue weighted by molar-refractivity contribution is 5.41. The summed E-state index contributed by atoms with van der Waals surface area (Å²) in [6.07, 6.45) is 5.43. The molecule has 1 fully saturated rings. The van der Waals surface area contributed by atoms with E-state index in [-0.39, 0.29) is 0 Å². The van der Waals surface area contributed by atoms with E-state index in [1.165, 1.54) is 18.4 Å². The Morgan fingerprint density at radius 3 is 2.82 bits per heavy atom. The Bertz CT molecular complexity index is 347. The zero-order chi connectivity index (χ0) is 12.3. The molecule has 0 aromatic carbocycles. The monoisotopic (exact) mass is 233 g/mol. The van der Waals surface area contributed by atoms with Crippen molar-refractivity contribution in [3.63, 3.8) is 0 Å². The first-order valence-corrected chi connectivity index (χ1v) is 6.62. The van der Waals surface area contributed by atoms with E-state index in [0.29, 0.717) is 12.6 Å². The molecule has 0 aliphatic carbocycles. The summed E-state index contributed by atoms with van der Waals surface area (Å²) in [5.41, 5.74) is 6.77. The van der Waals surface area contributed by atoms with Crippen LogP contribution in [0, 0.1) is 5.92 Å². The summed E-state index contributed by atoms with van der Waals surface area (Å²) in [6, 6.07) is 4.89. The molecule has 3 heteroatoms. The Balaban J connectivity index is 2.06. The first-order valence-electron chi connectivity index (χ1n) is 6.62. The van der Waals surface area contributed by atoms with Crippen LogP contribution in [0.5, 0.6) is 0 Å². The van der Waals surface area contributed by atoms with Gasteiger partial charge in [-0.25, -0.2) is 4.98 Å². The maximum Gasteiger partial charge on any atom is 0.128 e. The minimum atomic E-state index is 0.603. The molecule has 94 valence electrons. The van der Waals surface area contributed by atoms with Crippen molar-refractivity contribution < 1.29 is 0 Å². The average molecular weight is 233 g/mol. The average Bonchev–Trinajstić information content (AvgIpc) is 2.31. The van der Waals surface area contributed by atoms with Crippen molar-refractivity contribution in [2.75, 3.05) is 18.0 Å². The van der Waals surface area contributed by atoms with Crippen molar-refractivity contribution in [2.45, 2.75) is 39.2 Å². The summed E-state index contributed by atoms with van der Waals surface area (Å²) < 4.78 is 0. The van der Waals surface area contributed by atoms with E-state index >= 15 is 0 Å². The number of hydrogen-bond donors (Lipinski definition) is 1. The number of nitrogens with two attached hydrogens (primary N) is 1. The quantitative estimate of drug-likeness (QED) is 0.870. The number of aromatic nitrogens is 1. The van der Waals surface area contributed by atoms with Crippen LogP contribution >= 0.6 is 0 Å². The number of piperidine rings is 1. The fraction of sp³-hybridized carbons (Fsp3) is 0.643. The third kappa shape index (κ3) is 2.97. The Hall–Kier alpha value is -1.09. The van der Waals surface area contributed by atoms with Gasteiger partial charge in [-0.2, -0.15) is 0 Å². The molecule has 0 saturated carbocycles. The molecule has 1 aromatic heterocycles. The molecule has 2 unspecified atom stereocenters. The fourth-order valence-electron chi connectivity index (χ4n) is 2.65. The van der Waals surface area contributed by atoms with Gasteiger partial charge in [-0.3, -0.25) is 0 Å². The van der Waals surface area contributed by atoms with Crippen LogP contribution in [0.2, 0.25) is 0 Å². The van der Waals surface area contributed by atoms with Crippen molar-refractivity contribution >= 4 is 5.82 Å². The standard InChI is InChI=1S/C14H23N3/c1-11-6-8-17(12(2)9-11)14-4-3-13(5-7-15)10-16-14/h3-4,10-12H,5-9,15H2,1-2H3. The molecular weight excluding hydrogens is 210 g/mol. The van der Waals surface area contributed by atoms with Crippen LogP contribution in [-0.2, 0) is 6.42 Å². The maximum absolute atomic E-state index is 5.54. The normalized spacial score (nSPS) is 25.0. The summed E-state index contributed by atoms with van der Waals surface area (Å²) in [4.78, 5) is 6.99. The predicted octanol–water partition coefficient (Wildman–Crippen LogP) is 2.21. The molecule has 0 amide bonds. The third-order valence-corrected chi connectivity index (χ3v) is 3.67. The zero-order valence-corrected chi connectivity index (χ0v) is 10.9. The summed E-state index contributed by atoms with van der Waals surface area (Å²) in [5.74, 6) is 1.96. The van der Waals surface area contributed by atoms with Gasteiger partial charge in [0.05, 0.1) is 0 Å². The molecule has 0 radical (unpaired) electrons. The van der Waals surface area contributed by atoms with Crippen LogP contribution in [-0.4, -0.2) is 24.1 Å². The maximum atomic E-state index is 5.54. The molecule has 2 N–H and O–H groups in total. The second kappa shape index (κ2) is 5.50. The lowest BCUT2D eigenvalue weighted by molar-refractivity contribution is 0.376. The van der Waals surface area contributed by atoms with Crippen LogP contribution < -0.4 is 10.6 Å². The van der Waals surface area contributed by atoms with Crippen LogP contribution in [0.4, 0.5) is 5.82 Å². The first kappa shape index (κ1) is 12.4. The molecule has 1 aliphatic heterocycles. The van der Waals surface area contributed by atoms with E-state index in [0.717, 1.165) is 24.7 Å². The second-order valence-electron chi connectivity index (χ2n) is 5.24. The lowest BCUT2D eigenvalue weighted by Gasteiger charge is -2.37. The van der Waals surface area contributed by atoms with E-state index in [1.54, 1.807) is 0 Å². The fourth-order valence-corrected chi connectivity index (χ4v) is 2.65. The third-order valence-electron chi connectivity index (χ3n) is 3.67. The van der Waals surface area contributed by atoms with Crippen molar-refractivity contribution in [3.05, 3.63) is 23.9 Å². The lowest BCUT2D eigenvalue weighted by atomic mass is 9.93. The van der Waals surface area contributed by atoms with E-state index in [2.05, 4.69) is 35.9 Å². The molecule has 1 aliphatic rings. The predicted molar refractivity (Wildman–Crippen MR) is 72.2 cm³/mol. The molecule has 3 nitrogen and oxygen atoms in total. The first-order chi connectivity index (χ1) is 8.20. The summed E-state index contributed by atoms with van der Waals surface area (Å²) in [6.45, 7) is 6.46. The smallest absolute Gasteiger partial charge is 0.128 e. The Morgan fingerprint density at radius 2 is 2.24 bits per heavy atom. The van der Waals surface area contributed by atoms with Crippen molar-refractivity contribution in [2.24, 2.45) is 11.7 Å². The molecule has 1 aromatic rings. The van der Waals surface area contributed by atoms with Crippen LogP contribution in [0.3, 0.4) is 0 Å². The van der Waals surface area contributed by atoms with Gasteiger partial charge in [0, 0.05) is 18.8 Å². The molecular formula is C14H23N3. The van der Waals surface area contributed by atoms with Crippen molar-refractivity contribution in [1.82, 2.24) is 4.98 Å². The van der Waals surface area contributed by atoms with Crippen LogP contribution in [0.15, 0.2) is 18.3 Å². The van der Waals surface area contributed by atoms with Crippen molar-refractivity contribution in [3.8, 4) is 0 Å². The van der Waals surface area contributed by atoms with E-state index in [4.69, 9.17) is 5.73 Å². The van der Waals surface area contributed by atoms with E-state index in [9.17, 15) is 0 Å². The van der Waals surface area contributed by atoms with Gasteiger partial charge < -0.3 is 10.6 Å². The number of rotatable bonds is 3. The summed E-state index contributed by atoms with van der Waals surface area (Å²) in [5, 5.41) is 0. The number of pyridine rings is 1. The van der Waals surface area contributed by atoms with Crippen LogP contribution in [0.25, 0.3) is 0 Å². The van der Waals surface area contributed by atoms with Gasteiger partial charge in [0.25, 0.3) is 0 Å². The van der Waals surface area contributed by atoms with Gasteiger partial charge in [0.1, 0.15) is 5.82 Å². The Kier molecular flexibility index (Phi) is 4.00. The van der Waals surface area contributed by atoms with Gasteiger partial charge in [-0.05, 0) is 50.3 Å². The van der Waals surface area contributed by atoms with Gasteiger partial charge >= 0.3 is 0 Å². The lowest BCUT2D eigenvalue weighted by Crippen LogP contribution is -2.40. The molecule has 0 bridgehead atoms. The largest absolute Gasteiger partial charge is 0.354 e. The molecule has 2 atom stereocenters. The highest BCUT2D eigenvalue weighted by Crippen LogP contribution is 2.26. The van der Waals surface area contributed by atoms with E-state index < -0.39 is 0 Å². The molecule has 17 heavy (non-hydrogen) atoms. The molecule has 0 spiro atoms. The van der Waals surface area contributed by atoms with Gasteiger partial charge in [-0.1, -0.05) is 13.0 Å². The zero-order valence-electron chi connectivity index (χ0n) is 10.9. The Labute approximate surface area is 104 Å². The molecule has 2 heterocycles. The summed E-state index contributed by atoms with van der Waals surface area (Å²) >= 11 is 0. The number of anilines is 1. The minimum Gasteiger partial charge on any atom is -0.354 e.